The third kappa shape index (κ3) is 2.93. The van der Waals surface area contributed by atoms with Gasteiger partial charge in [-0.15, -0.1) is 0 Å². The number of hydrogen-bond acceptors (Lipinski definition) is 3. The predicted molar refractivity (Wildman–Crippen MR) is 61.0 cm³/mol. The second-order valence-electron chi connectivity index (χ2n) is 4.52. The molecule has 5 nitrogen and oxygen atoms in total. The number of rotatable bonds is 2. The molecule has 5 heteroatoms. The van der Waals surface area contributed by atoms with Crippen LogP contribution in [0.25, 0.3) is 0 Å². The highest BCUT2D eigenvalue weighted by Gasteiger charge is 2.33. The minimum atomic E-state index is -0.762. The van der Waals surface area contributed by atoms with Gasteiger partial charge >= 0.3 is 6.03 Å². The molecule has 1 heterocycles. The van der Waals surface area contributed by atoms with Crippen LogP contribution in [0.1, 0.15) is 38.5 Å². The van der Waals surface area contributed by atoms with Gasteiger partial charge in [0.05, 0.1) is 0 Å². The number of allylic oxidation sites excluding steroid dienone is 2. The van der Waals surface area contributed by atoms with E-state index in [9.17, 15) is 14.4 Å². The first kappa shape index (κ1) is 11.8. The molecule has 1 saturated carbocycles. The van der Waals surface area contributed by atoms with Gasteiger partial charge in [-0.2, -0.15) is 0 Å². The van der Waals surface area contributed by atoms with E-state index in [4.69, 9.17) is 0 Å². The Bertz CT molecular complexity index is 359. The first-order valence-corrected chi connectivity index (χ1v) is 6.00. The number of amides is 4. The summed E-state index contributed by atoms with van der Waals surface area (Å²) in [6.07, 6.45) is 8.14. The van der Waals surface area contributed by atoms with E-state index in [2.05, 4.69) is 10.6 Å². The highest BCUT2D eigenvalue weighted by Crippen LogP contribution is 2.24. The van der Waals surface area contributed by atoms with Gasteiger partial charge in [0.2, 0.25) is 11.8 Å². The van der Waals surface area contributed by atoms with Crippen molar-refractivity contribution in [2.75, 3.05) is 0 Å². The van der Waals surface area contributed by atoms with Crippen molar-refractivity contribution in [2.24, 2.45) is 5.92 Å². The molecule has 1 saturated heterocycles. The molecule has 0 atom stereocenters. The zero-order chi connectivity index (χ0) is 12.3. The summed E-state index contributed by atoms with van der Waals surface area (Å²) >= 11 is 0. The maximum atomic E-state index is 11.5. The molecule has 2 fully saturated rings. The molecule has 0 radical (unpaired) electrons. The molecule has 0 unspecified atom stereocenters. The number of hydrogen-bond donors (Lipinski definition) is 2. The van der Waals surface area contributed by atoms with Crippen LogP contribution < -0.4 is 10.6 Å². The standard InChI is InChI=1S/C12H16N2O3/c15-10-9(11(16)14-12(17)13-10)7-6-8-4-2-1-3-5-8/h6,9H,1-5,7H2,(H2,13,14,15,16,17). The quantitative estimate of drug-likeness (QED) is 0.559. The van der Waals surface area contributed by atoms with E-state index in [1.807, 2.05) is 6.08 Å². The smallest absolute Gasteiger partial charge is 0.277 e. The van der Waals surface area contributed by atoms with Crippen LogP contribution in [0.5, 0.6) is 0 Å². The topological polar surface area (TPSA) is 75.3 Å². The molecule has 0 aromatic heterocycles. The van der Waals surface area contributed by atoms with Crippen LogP contribution in [-0.4, -0.2) is 17.8 Å². The zero-order valence-corrected chi connectivity index (χ0v) is 9.62. The second kappa shape index (κ2) is 5.12. The van der Waals surface area contributed by atoms with Crippen LogP contribution in [0, 0.1) is 5.92 Å². The van der Waals surface area contributed by atoms with Gasteiger partial charge in [0.15, 0.2) is 0 Å². The normalized spacial score (nSPS) is 22.1. The largest absolute Gasteiger partial charge is 0.328 e. The lowest BCUT2D eigenvalue weighted by atomic mass is 9.92. The maximum Gasteiger partial charge on any atom is 0.328 e. The molecule has 0 bridgehead atoms. The zero-order valence-electron chi connectivity index (χ0n) is 9.62. The predicted octanol–water partition coefficient (Wildman–Crippen LogP) is 1.25. The highest BCUT2D eigenvalue weighted by molar-refractivity contribution is 6.16. The molecular weight excluding hydrogens is 220 g/mol. The van der Waals surface area contributed by atoms with E-state index in [0.29, 0.717) is 6.42 Å². The van der Waals surface area contributed by atoms with E-state index in [0.717, 1.165) is 12.8 Å². The van der Waals surface area contributed by atoms with Crippen LogP contribution >= 0.6 is 0 Å². The summed E-state index contributed by atoms with van der Waals surface area (Å²) in [5.74, 6) is -1.75. The molecule has 1 aliphatic carbocycles. The van der Waals surface area contributed by atoms with Gasteiger partial charge in [0.1, 0.15) is 5.92 Å². The first-order chi connectivity index (χ1) is 8.16. The monoisotopic (exact) mass is 236 g/mol. The van der Waals surface area contributed by atoms with Gasteiger partial charge in [-0.3, -0.25) is 20.2 Å². The Labute approximate surface area is 99.6 Å². The lowest BCUT2D eigenvalue weighted by Gasteiger charge is -2.20. The van der Waals surface area contributed by atoms with Crippen molar-refractivity contribution in [3.05, 3.63) is 11.6 Å². The summed E-state index contributed by atoms with van der Waals surface area (Å²) in [5, 5.41) is 4.22. The summed E-state index contributed by atoms with van der Waals surface area (Å²) in [6, 6.07) is -0.721. The van der Waals surface area contributed by atoms with Crippen molar-refractivity contribution in [1.82, 2.24) is 10.6 Å². The molecule has 17 heavy (non-hydrogen) atoms. The summed E-state index contributed by atoms with van der Waals surface area (Å²) in [5.41, 5.74) is 1.33. The Balaban J connectivity index is 1.95. The van der Waals surface area contributed by atoms with Crippen molar-refractivity contribution in [1.29, 1.82) is 0 Å². The van der Waals surface area contributed by atoms with E-state index >= 15 is 0 Å². The van der Waals surface area contributed by atoms with Crippen molar-refractivity contribution >= 4 is 17.8 Å². The average molecular weight is 236 g/mol. The fourth-order valence-electron chi connectivity index (χ4n) is 2.26. The van der Waals surface area contributed by atoms with Crippen LogP contribution in [-0.2, 0) is 9.59 Å². The maximum absolute atomic E-state index is 11.5. The number of barbiturate groups is 1. The van der Waals surface area contributed by atoms with Gasteiger partial charge in [-0.05, 0) is 32.1 Å². The number of carbonyl (C=O) groups is 3. The fraction of sp³-hybridized carbons (Fsp3) is 0.583. The van der Waals surface area contributed by atoms with Crippen LogP contribution in [0.3, 0.4) is 0 Å². The number of urea groups is 1. The molecule has 2 rings (SSSR count). The van der Waals surface area contributed by atoms with Gasteiger partial charge < -0.3 is 0 Å². The average Bonchev–Trinajstić information content (AvgIpc) is 2.29. The summed E-state index contributed by atoms with van der Waals surface area (Å²) in [7, 11) is 0. The Morgan fingerprint density at radius 2 is 1.59 bits per heavy atom. The minimum Gasteiger partial charge on any atom is -0.277 e. The summed E-state index contributed by atoms with van der Waals surface area (Å²) in [6.45, 7) is 0. The third-order valence-electron chi connectivity index (χ3n) is 3.24. The molecule has 0 aromatic rings. The molecule has 2 N–H and O–H groups in total. The molecule has 0 spiro atoms. The number of imide groups is 2. The van der Waals surface area contributed by atoms with Crippen molar-refractivity contribution in [2.45, 2.75) is 38.5 Å². The van der Waals surface area contributed by atoms with Gasteiger partial charge in [-0.1, -0.05) is 18.1 Å². The number of carbonyl (C=O) groups excluding carboxylic acids is 3. The minimum absolute atomic E-state index is 0.389. The van der Waals surface area contributed by atoms with E-state index < -0.39 is 23.8 Å². The van der Waals surface area contributed by atoms with E-state index in [-0.39, 0.29) is 0 Å². The van der Waals surface area contributed by atoms with E-state index in [1.165, 1.54) is 24.8 Å². The summed E-state index contributed by atoms with van der Waals surface area (Å²) < 4.78 is 0. The van der Waals surface area contributed by atoms with Crippen LogP contribution in [0.2, 0.25) is 0 Å². The van der Waals surface area contributed by atoms with Crippen molar-refractivity contribution in [3.8, 4) is 0 Å². The summed E-state index contributed by atoms with van der Waals surface area (Å²) in [4.78, 5) is 33.8. The second-order valence-corrected chi connectivity index (χ2v) is 4.52. The molecular formula is C12H16N2O3. The Morgan fingerprint density at radius 1 is 1.00 bits per heavy atom. The molecule has 4 amide bonds. The Kier molecular flexibility index (Phi) is 3.56. The first-order valence-electron chi connectivity index (χ1n) is 6.00. The fourth-order valence-corrected chi connectivity index (χ4v) is 2.26. The van der Waals surface area contributed by atoms with Crippen molar-refractivity contribution in [3.63, 3.8) is 0 Å². The van der Waals surface area contributed by atoms with E-state index in [1.54, 1.807) is 0 Å². The highest BCUT2D eigenvalue weighted by atomic mass is 16.2. The van der Waals surface area contributed by atoms with Gasteiger partial charge in [0, 0.05) is 0 Å². The van der Waals surface area contributed by atoms with Crippen LogP contribution in [0.4, 0.5) is 4.79 Å². The third-order valence-corrected chi connectivity index (χ3v) is 3.24. The SMILES string of the molecule is O=C1NC(=O)C(CC=C2CCCCC2)C(=O)N1. The lowest BCUT2D eigenvalue weighted by Crippen LogP contribution is -2.55. The Hall–Kier alpha value is -1.65. The molecule has 92 valence electrons. The lowest BCUT2D eigenvalue weighted by molar-refractivity contribution is -0.135. The van der Waals surface area contributed by atoms with Gasteiger partial charge in [-0.25, -0.2) is 4.79 Å². The van der Waals surface area contributed by atoms with Crippen molar-refractivity contribution < 1.29 is 14.4 Å². The van der Waals surface area contributed by atoms with Gasteiger partial charge in [0.25, 0.3) is 0 Å². The number of nitrogens with one attached hydrogen (secondary N) is 2. The van der Waals surface area contributed by atoms with Crippen LogP contribution in [0.15, 0.2) is 11.6 Å². The Morgan fingerprint density at radius 3 is 2.18 bits per heavy atom. The molecule has 0 aromatic carbocycles. The molecule has 1 aliphatic heterocycles. The molecule has 2 aliphatic rings.